The Hall–Kier alpha value is -0.680. The number of thiophene rings is 2. The standard InChI is InChI=1S/C17H26N2S2/c1-4-19(5-2)13-14(3)18-16(17-9-7-11-21-17)12-15-8-6-10-20-15/h6-11,14,16,18H,4-5,12-13H2,1-3H3. The molecule has 0 saturated carbocycles. The minimum absolute atomic E-state index is 0.425. The van der Waals surface area contributed by atoms with Gasteiger partial charge in [-0.15, -0.1) is 22.7 Å². The maximum Gasteiger partial charge on any atom is 0.0466 e. The first-order valence-electron chi connectivity index (χ1n) is 7.77. The van der Waals surface area contributed by atoms with E-state index in [1.165, 1.54) is 9.75 Å². The summed E-state index contributed by atoms with van der Waals surface area (Å²) in [6.07, 6.45) is 1.08. The molecule has 2 atom stereocenters. The monoisotopic (exact) mass is 322 g/mol. The molecular formula is C17H26N2S2. The van der Waals surface area contributed by atoms with Gasteiger partial charge in [-0.3, -0.25) is 0 Å². The summed E-state index contributed by atoms with van der Waals surface area (Å²) in [6.45, 7) is 10.1. The molecule has 2 heterocycles. The van der Waals surface area contributed by atoms with Crippen molar-refractivity contribution >= 4 is 22.7 Å². The summed E-state index contributed by atoms with van der Waals surface area (Å²) in [6, 6.07) is 9.71. The van der Waals surface area contributed by atoms with Gasteiger partial charge >= 0.3 is 0 Å². The van der Waals surface area contributed by atoms with E-state index in [1.807, 2.05) is 22.7 Å². The largest absolute Gasteiger partial charge is 0.305 e. The average Bonchev–Trinajstić information content (AvgIpc) is 3.16. The molecule has 0 spiro atoms. The molecule has 1 N–H and O–H groups in total. The zero-order valence-corrected chi connectivity index (χ0v) is 14.8. The molecule has 0 aliphatic rings. The molecule has 0 amide bonds. The summed E-state index contributed by atoms with van der Waals surface area (Å²) in [5, 5.41) is 8.17. The van der Waals surface area contributed by atoms with Crippen LogP contribution in [0.5, 0.6) is 0 Å². The predicted molar refractivity (Wildman–Crippen MR) is 95.5 cm³/mol. The lowest BCUT2D eigenvalue weighted by molar-refractivity contribution is 0.262. The van der Waals surface area contributed by atoms with Gasteiger partial charge in [0.15, 0.2) is 0 Å². The summed E-state index contributed by atoms with van der Waals surface area (Å²) in [7, 11) is 0. The predicted octanol–water partition coefficient (Wildman–Crippen LogP) is 4.41. The number of hydrogen-bond donors (Lipinski definition) is 1. The summed E-state index contributed by atoms with van der Waals surface area (Å²) >= 11 is 3.71. The average molecular weight is 323 g/mol. The summed E-state index contributed by atoms with van der Waals surface area (Å²) in [4.78, 5) is 5.37. The van der Waals surface area contributed by atoms with Crippen LogP contribution in [0.15, 0.2) is 35.0 Å². The van der Waals surface area contributed by atoms with Gasteiger partial charge in [0, 0.05) is 34.8 Å². The highest BCUT2D eigenvalue weighted by Gasteiger charge is 2.17. The smallest absolute Gasteiger partial charge is 0.0466 e. The lowest BCUT2D eigenvalue weighted by atomic mass is 10.1. The molecule has 21 heavy (non-hydrogen) atoms. The van der Waals surface area contributed by atoms with Crippen LogP contribution in [-0.2, 0) is 6.42 Å². The van der Waals surface area contributed by atoms with E-state index in [1.54, 1.807) is 0 Å². The summed E-state index contributed by atoms with van der Waals surface area (Å²) in [5.74, 6) is 0. The Bertz CT molecular complexity index is 475. The van der Waals surface area contributed by atoms with Crippen LogP contribution in [0.25, 0.3) is 0 Å². The third kappa shape index (κ3) is 5.22. The van der Waals surface area contributed by atoms with Crippen molar-refractivity contribution < 1.29 is 0 Å². The van der Waals surface area contributed by atoms with Gasteiger partial charge in [0.25, 0.3) is 0 Å². The van der Waals surface area contributed by atoms with Crippen molar-refractivity contribution in [3.8, 4) is 0 Å². The second-order valence-electron chi connectivity index (χ2n) is 5.41. The topological polar surface area (TPSA) is 15.3 Å². The van der Waals surface area contributed by atoms with Gasteiger partial charge in [0.05, 0.1) is 0 Å². The van der Waals surface area contributed by atoms with E-state index in [0.29, 0.717) is 12.1 Å². The molecule has 0 radical (unpaired) electrons. The normalized spacial score (nSPS) is 14.5. The van der Waals surface area contributed by atoms with Crippen LogP contribution < -0.4 is 5.32 Å². The Morgan fingerprint density at radius 1 is 1.10 bits per heavy atom. The van der Waals surface area contributed by atoms with E-state index < -0.39 is 0 Å². The van der Waals surface area contributed by atoms with E-state index >= 15 is 0 Å². The fraction of sp³-hybridized carbons (Fsp3) is 0.529. The van der Waals surface area contributed by atoms with Crippen molar-refractivity contribution in [2.45, 2.75) is 39.3 Å². The molecule has 4 heteroatoms. The quantitative estimate of drug-likeness (QED) is 0.735. The molecule has 0 saturated heterocycles. The zero-order valence-electron chi connectivity index (χ0n) is 13.2. The van der Waals surface area contributed by atoms with Crippen LogP contribution in [0.1, 0.15) is 36.6 Å². The van der Waals surface area contributed by atoms with Gasteiger partial charge in [-0.1, -0.05) is 26.0 Å². The molecule has 0 aliphatic heterocycles. The molecule has 0 fully saturated rings. The molecule has 0 aromatic carbocycles. The van der Waals surface area contributed by atoms with Crippen LogP contribution >= 0.6 is 22.7 Å². The lowest BCUT2D eigenvalue weighted by Gasteiger charge is -2.27. The highest BCUT2D eigenvalue weighted by Crippen LogP contribution is 2.25. The second-order valence-corrected chi connectivity index (χ2v) is 7.42. The van der Waals surface area contributed by atoms with Crippen LogP contribution in [0.4, 0.5) is 0 Å². The third-order valence-corrected chi connectivity index (χ3v) is 5.67. The Labute approximate surface area is 136 Å². The minimum Gasteiger partial charge on any atom is -0.305 e. The van der Waals surface area contributed by atoms with Gasteiger partial charge in [0.1, 0.15) is 0 Å². The van der Waals surface area contributed by atoms with Crippen molar-refractivity contribution in [3.05, 3.63) is 44.8 Å². The number of nitrogens with one attached hydrogen (secondary N) is 1. The fourth-order valence-electron chi connectivity index (χ4n) is 2.63. The van der Waals surface area contributed by atoms with Crippen molar-refractivity contribution in [1.82, 2.24) is 10.2 Å². The van der Waals surface area contributed by atoms with Crippen molar-refractivity contribution in [3.63, 3.8) is 0 Å². The van der Waals surface area contributed by atoms with Crippen LogP contribution in [0.3, 0.4) is 0 Å². The Morgan fingerprint density at radius 3 is 2.38 bits per heavy atom. The Balaban J connectivity index is 1.99. The Kier molecular flexibility index (Phi) is 6.90. The van der Waals surface area contributed by atoms with Crippen molar-refractivity contribution in [2.75, 3.05) is 19.6 Å². The number of hydrogen-bond acceptors (Lipinski definition) is 4. The van der Waals surface area contributed by atoms with E-state index in [-0.39, 0.29) is 0 Å². The molecule has 0 aliphatic carbocycles. The van der Waals surface area contributed by atoms with E-state index in [9.17, 15) is 0 Å². The SMILES string of the molecule is CCN(CC)CC(C)NC(Cc1cccs1)c1cccs1. The molecule has 2 unspecified atom stereocenters. The molecule has 2 nitrogen and oxygen atoms in total. The number of rotatable bonds is 9. The lowest BCUT2D eigenvalue weighted by Crippen LogP contribution is -2.41. The first-order chi connectivity index (χ1) is 10.2. The van der Waals surface area contributed by atoms with Gasteiger partial charge in [-0.2, -0.15) is 0 Å². The van der Waals surface area contributed by atoms with Gasteiger partial charge in [0.2, 0.25) is 0 Å². The summed E-state index contributed by atoms with van der Waals surface area (Å²) < 4.78 is 0. The highest BCUT2D eigenvalue weighted by atomic mass is 32.1. The fourth-order valence-corrected chi connectivity index (χ4v) is 4.17. The van der Waals surface area contributed by atoms with Crippen molar-refractivity contribution in [1.29, 1.82) is 0 Å². The molecule has 2 aromatic rings. The van der Waals surface area contributed by atoms with E-state index in [2.05, 4.69) is 66.0 Å². The molecule has 2 aromatic heterocycles. The van der Waals surface area contributed by atoms with Gasteiger partial charge in [-0.05, 0) is 42.9 Å². The van der Waals surface area contributed by atoms with Gasteiger partial charge in [-0.25, -0.2) is 0 Å². The maximum absolute atomic E-state index is 3.83. The van der Waals surface area contributed by atoms with Gasteiger partial charge < -0.3 is 10.2 Å². The molecule has 116 valence electrons. The minimum atomic E-state index is 0.425. The maximum atomic E-state index is 3.83. The third-order valence-electron chi connectivity index (χ3n) is 3.78. The number of nitrogens with zero attached hydrogens (tertiary/aromatic N) is 1. The van der Waals surface area contributed by atoms with Crippen LogP contribution in [0, 0.1) is 0 Å². The second kappa shape index (κ2) is 8.69. The molecule has 0 bridgehead atoms. The highest BCUT2D eigenvalue weighted by molar-refractivity contribution is 7.10. The van der Waals surface area contributed by atoms with E-state index in [0.717, 1.165) is 26.1 Å². The Morgan fingerprint density at radius 2 is 1.81 bits per heavy atom. The molecule has 2 rings (SSSR count). The van der Waals surface area contributed by atoms with Crippen LogP contribution in [0.2, 0.25) is 0 Å². The van der Waals surface area contributed by atoms with Crippen molar-refractivity contribution in [2.24, 2.45) is 0 Å². The first-order valence-corrected chi connectivity index (χ1v) is 9.53. The zero-order chi connectivity index (χ0) is 15.1. The van der Waals surface area contributed by atoms with Crippen LogP contribution in [-0.4, -0.2) is 30.6 Å². The molecular weight excluding hydrogens is 296 g/mol. The number of likely N-dealkylation sites (N-methyl/N-ethyl adjacent to an activating group) is 1. The van der Waals surface area contributed by atoms with E-state index in [4.69, 9.17) is 0 Å². The first kappa shape index (κ1) is 16.7. The summed E-state index contributed by atoms with van der Waals surface area (Å²) in [5.41, 5.74) is 0.